The van der Waals surface area contributed by atoms with E-state index in [0.29, 0.717) is 30.5 Å². The standard InChI is InChI=1S/C18H22N4O6S/c1-12(23)20-13-4-6-16(22-29(3,25)26)15(10-13)18(24)21-14-5-7-17(19-11-14)28-9-8-27-2/h4-7,10-11,22H,8-9H2,1-3H3,(H,20,23)(H,21,24). The predicted molar refractivity (Wildman–Crippen MR) is 109 cm³/mol. The van der Waals surface area contributed by atoms with Gasteiger partial charge < -0.3 is 20.1 Å². The summed E-state index contributed by atoms with van der Waals surface area (Å²) >= 11 is 0. The fraction of sp³-hybridized carbons (Fsp3) is 0.278. The maximum atomic E-state index is 12.7. The lowest BCUT2D eigenvalue weighted by molar-refractivity contribution is -0.114. The number of sulfonamides is 1. The van der Waals surface area contributed by atoms with Gasteiger partial charge in [-0.15, -0.1) is 0 Å². The van der Waals surface area contributed by atoms with Gasteiger partial charge in [0.15, 0.2) is 0 Å². The van der Waals surface area contributed by atoms with Crippen molar-refractivity contribution in [1.29, 1.82) is 0 Å². The van der Waals surface area contributed by atoms with Crippen LogP contribution in [0.4, 0.5) is 17.1 Å². The van der Waals surface area contributed by atoms with Gasteiger partial charge in [-0.2, -0.15) is 0 Å². The Labute approximate surface area is 168 Å². The van der Waals surface area contributed by atoms with E-state index in [4.69, 9.17) is 9.47 Å². The Hall–Kier alpha value is -3.18. The van der Waals surface area contributed by atoms with Crippen molar-refractivity contribution in [2.75, 3.05) is 41.9 Å². The summed E-state index contributed by atoms with van der Waals surface area (Å²) in [4.78, 5) is 28.1. The lowest BCUT2D eigenvalue weighted by Gasteiger charge is -2.13. The molecule has 0 aliphatic heterocycles. The minimum atomic E-state index is -3.62. The quantitative estimate of drug-likeness (QED) is 0.523. The van der Waals surface area contributed by atoms with Crippen molar-refractivity contribution in [3.8, 4) is 5.88 Å². The fourth-order valence-corrected chi connectivity index (χ4v) is 2.85. The molecule has 1 aromatic heterocycles. The van der Waals surface area contributed by atoms with Crippen LogP contribution in [0.5, 0.6) is 5.88 Å². The monoisotopic (exact) mass is 422 g/mol. The number of aromatic nitrogens is 1. The molecule has 10 nitrogen and oxygen atoms in total. The number of hydrogen-bond acceptors (Lipinski definition) is 7. The first-order chi connectivity index (χ1) is 13.7. The SMILES string of the molecule is COCCOc1ccc(NC(=O)c2cc(NC(C)=O)ccc2NS(C)(=O)=O)cn1. The van der Waals surface area contributed by atoms with E-state index in [1.165, 1.54) is 31.3 Å². The summed E-state index contributed by atoms with van der Waals surface area (Å²) in [7, 11) is -2.06. The Kier molecular flexibility index (Phi) is 7.51. The number of carbonyl (C=O) groups is 2. The van der Waals surface area contributed by atoms with Crippen LogP contribution in [0.15, 0.2) is 36.5 Å². The highest BCUT2D eigenvalue weighted by molar-refractivity contribution is 7.92. The van der Waals surface area contributed by atoms with E-state index in [0.717, 1.165) is 6.26 Å². The van der Waals surface area contributed by atoms with E-state index in [1.807, 2.05) is 0 Å². The van der Waals surface area contributed by atoms with Crippen molar-refractivity contribution in [2.45, 2.75) is 6.92 Å². The zero-order chi connectivity index (χ0) is 21.4. The second-order valence-corrected chi connectivity index (χ2v) is 7.74. The molecule has 0 radical (unpaired) electrons. The predicted octanol–water partition coefficient (Wildman–Crippen LogP) is 1.69. The van der Waals surface area contributed by atoms with Crippen LogP contribution < -0.4 is 20.1 Å². The average Bonchev–Trinajstić information content (AvgIpc) is 2.63. The van der Waals surface area contributed by atoms with Gasteiger partial charge in [0.1, 0.15) is 6.61 Å². The van der Waals surface area contributed by atoms with Crippen LogP contribution in [-0.2, 0) is 19.6 Å². The summed E-state index contributed by atoms with van der Waals surface area (Å²) in [5, 5.41) is 5.18. The zero-order valence-corrected chi connectivity index (χ0v) is 17.0. The summed E-state index contributed by atoms with van der Waals surface area (Å²) in [6, 6.07) is 7.43. The van der Waals surface area contributed by atoms with Gasteiger partial charge in [0, 0.05) is 25.8 Å². The third kappa shape index (κ3) is 7.39. The second-order valence-electron chi connectivity index (χ2n) is 6.00. The van der Waals surface area contributed by atoms with Crippen molar-refractivity contribution >= 4 is 38.9 Å². The summed E-state index contributed by atoms with van der Waals surface area (Å²) in [6.45, 7) is 2.08. The highest BCUT2D eigenvalue weighted by atomic mass is 32.2. The maximum Gasteiger partial charge on any atom is 0.257 e. The molecule has 0 spiro atoms. The third-order valence-electron chi connectivity index (χ3n) is 3.41. The van der Waals surface area contributed by atoms with Gasteiger partial charge in [0.2, 0.25) is 21.8 Å². The number of hydrogen-bond donors (Lipinski definition) is 3. The molecule has 0 atom stereocenters. The summed E-state index contributed by atoms with van der Waals surface area (Å²) in [5.74, 6) is -0.543. The molecule has 2 amide bonds. The number of rotatable bonds is 9. The van der Waals surface area contributed by atoms with Crippen LogP contribution >= 0.6 is 0 Å². The van der Waals surface area contributed by atoms with Gasteiger partial charge >= 0.3 is 0 Å². The van der Waals surface area contributed by atoms with Gasteiger partial charge in [0.05, 0.1) is 36.0 Å². The molecule has 2 rings (SSSR count). The van der Waals surface area contributed by atoms with Crippen molar-refractivity contribution in [3.63, 3.8) is 0 Å². The molecule has 156 valence electrons. The Morgan fingerprint density at radius 1 is 1.07 bits per heavy atom. The highest BCUT2D eigenvalue weighted by Gasteiger charge is 2.16. The molecule has 0 saturated carbocycles. The molecular formula is C18H22N4O6S. The topological polar surface area (TPSA) is 136 Å². The fourth-order valence-electron chi connectivity index (χ4n) is 2.27. The number of pyridine rings is 1. The number of carbonyl (C=O) groups excluding carboxylic acids is 2. The van der Waals surface area contributed by atoms with Crippen LogP contribution in [0.2, 0.25) is 0 Å². The van der Waals surface area contributed by atoms with E-state index >= 15 is 0 Å². The minimum absolute atomic E-state index is 0.0297. The zero-order valence-electron chi connectivity index (χ0n) is 16.2. The summed E-state index contributed by atoms with van der Waals surface area (Å²) in [5.41, 5.74) is 0.833. The second kappa shape index (κ2) is 9.85. The molecule has 1 aromatic carbocycles. The molecule has 0 aliphatic carbocycles. The Balaban J connectivity index is 2.21. The molecule has 11 heteroatoms. The van der Waals surface area contributed by atoms with Crippen molar-refractivity contribution in [1.82, 2.24) is 4.98 Å². The summed E-state index contributed by atoms with van der Waals surface area (Å²) < 4.78 is 35.7. The molecule has 0 unspecified atom stereocenters. The third-order valence-corrected chi connectivity index (χ3v) is 4.00. The van der Waals surface area contributed by atoms with E-state index in [9.17, 15) is 18.0 Å². The lowest BCUT2D eigenvalue weighted by Crippen LogP contribution is -2.18. The Morgan fingerprint density at radius 3 is 2.38 bits per heavy atom. The Bertz CT molecular complexity index is 976. The number of benzene rings is 1. The molecule has 0 saturated heterocycles. The van der Waals surface area contributed by atoms with E-state index in [-0.39, 0.29) is 17.2 Å². The number of nitrogens with one attached hydrogen (secondary N) is 3. The Morgan fingerprint density at radius 2 is 1.79 bits per heavy atom. The number of amides is 2. The normalized spacial score (nSPS) is 10.9. The van der Waals surface area contributed by atoms with Gasteiger partial charge in [-0.05, 0) is 24.3 Å². The van der Waals surface area contributed by atoms with Crippen LogP contribution in [0.3, 0.4) is 0 Å². The van der Waals surface area contributed by atoms with E-state index in [2.05, 4.69) is 20.3 Å². The van der Waals surface area contributed by atoms with Gasteiger partial charge in [-0.25, -0.2) is 13.4 Å². The molecule has 0 fully saturated rings. The molecule has 29 heavy (non-hydrogen) atoms. The van der Waals surface area contributed by atoms with Gasteiger partial charge in [0.25, 0.3) is 5.91 Å². The molecule has 0 aliphatic rings. The van der Waals surface area contributed by atoms with Crippen LogP contribution in [-0.4, -0.2) is 51.8 Å². The van der Waals surface area contributed by atoms with Crippen molar-refractivity contribution < 1.29 is 27.5 Å². The smallest absolute Gasteiger partial charge is 0.257 e. The first-order valence-corrected chi connectivity index (χ1v) is 10.4. The van der Waals surface area contributed by atoms with Crippen LogP contribution in [0.25, 0.3) is 0 Å². The number of nitrogens with zero attached hydrogens (tertiary/aromatic N) is 1. The number of methoxy groups -OCH3 is 1. The lowest BCUT2D eigenvalue weighted by atomic mass is 10.1. The van der Waals surface area contributed by atoms with Gasteiger partial charge in [-0.3, -0.25) is 14.3 Å². The molecular weight excluding hydrogens is 400 g/mol. The first-order valence-electron chi connectivity index (χ1n) is 8.46. The molecule has 3 N–H and O–H groups in total. The number of anilines is 3. The molecule has 2 aromatic rings. The summed E-state index contributed by atoms with van der Waals surface area (Å²) in [6.07, 6.45) is 2.38. The van der Waals surface area contributed by atoms with Crippen LogP contribution in [0, 0.1) is 0 Å². The van der Waals surface area contributed by atoms with Gasteiger partial charge in [-0.1, -0.05) is 0 Å². The first kappa shape index (κ1) is 22.1. The molecule has 1 heterocycles. The largest absolute Gasteiger partial charge is 0.475 e. The number of ether oxygens (including phenoxy) is 2. The van der Waals surface area contributed by atoms with Crippen molar-refractivity contribution in [2.24, 2.45) is 0 Å². The highest BCUT2D eigenvalue weighted by Crippen LogP contribution is 2.23. The maximum absolute atomic E-state index is 12.7. The van der Waals surface area contributed by atoms with Crippen molar-refractivity contribution in [3.05, 3.63) is 42.1 Å². The van der Waals surface area contributed by atoms with E-state index < -0.39 is 15.9 Å². The van der Waals surface area contributed by atoms with Crippen LogP contribution in [0.1, 0.15) is 17.3 Å². The average molecular weight is 422 g/mol. The van der Waals surface area contributed by atoms with E-state index in [1.54, 1.807) is 19.2 Å². The minimum Gasteiger partial charge on any atom is -0.475 e. The molecule has 0 bridgehead atoms.